The van der Waals surface area contributed by atoms with Gasteiger partial charge in [0.2, 0.25) is 0 Å². The van der Waals surface area contributed by atoms with E-state index in [1.54, 1.807) is 0 Å². The van der Waals surface area contributed by atoms with Gasteiger partial charge in [-0.3, -0.25) is 4.90 Å². The quantitative estimate of drug-likeness (QED) is 0.843. The number of carbonyl (C=O) groups is 1. The Bertz CT molecular complexity index is 576. The molecule has 1 N–H and O–H groups in total. The van der Waals surface area contributed by atoms with Gasteiger partial charge in [-0.05, 0) is 24.5 Å². The summed E-state index contributed by atoms with van der Waals surface area (Å²) in [7, 11) is 0. The fourth-order valence-electron chi connectivity index (χ4n) is 3.14. The molecule has 0 saturated heterocycles. The molecule has 0 saturated carbocycles. The van der Waals surface area contributed by atoms with Crippen molar-refractivity contribution in [3.05, 3.63) is 54.1 Å². The van der Waals surface area contributed by atoms with Crippen molar-refractivity contribution in [3.63, 3.8) is 0 Å². The number of amides is 2. The van der Waals surface area contributed by atoms with E-state index in [2.05, 4.69) is 48.7 Å². The van der Waals surface area contributed by atoms with Crippen molar-refractivity contribution in [3.8, 4) is 0 Å². The molecule has 1 aliphatic heterocycles. The van der Waals surface area contributed by atoms with Crippen molar-refractivity contribution in [1.82, 2.24) is 5.32 Å². The van der Waals surface area contributed by atoms with Crippen LogP contribution in [-0.4, -0.2) is 18.6 Å². The number of anilines is 1. The predicted octanol–water partition coefficient (Wildman–Crippen LogP) is 3.67. The number of hydrogen-bond donors (Lipinski definition) is 1. The second-order valence-electron chi connectivity index (χ2n) is 5.71. The predicted molar refractivity (Wildman–Crippen MR) is 86.5 cm³/mol. The van der Waals surface area contributed by atoms with E-state index in [1.807, 2.05) is 17.0 Å². The highest BCUT2D eigenvalue weighted by molar-refractivity contribution is 5.94. The molecule has 1 heterocycles. The molecule has 110 valence electrons. The highest BCUT2D eigenvalue weighted by Gasteiger charge is 2.35. The summed E-state index contributed by atoms with van der Waals surface area (Å²) >= 11 is 0. The minimum Gasteiger partial charge on any atom is -0.338 e. The number of para-hydroxylation sites is 1. The smallest absolute Gasteiger partial charge is 0.322 e. The molecule has 0 fully saturated rings. The summed E-state index contributed by atoms with van der Waals surface area (Å²) in [4.78, 5) is 14.6. The summed E-state index contributed by atoms with van der Waals surface area (Å²) in [5.74, 6) is 0.377. The highest BCUT2D eigenvalue weighted by Crippen LogP contribution is 2.36. The molecule has 0 bridgehead atoms. The van der Waals surface area contributed by atoms with Crippen LogP contribution in [0.25, 0.3) is 0 Å². The van der Waals surface area contributed by atoms with Crippen LogP contribution in [0.5, 0.6) is 0 Å². The summed E-state index contributed by atoms with van der Waals surface area (Å²) in [5, 5.41) is 3.06. The summed E-state index contributed by atoms with van der Waals surface area (Å²) in [6.07, 6.45) is 11.6. The lowest BCUT2D eigenvalue weighted by atomic mass is 9.83. The summed E-state index contributed by atoms with van der Waals surface area (Å²) in [6, 6.07) is 8.39. The average molecular weight is 282 g/mol. The van der Waals surface area contributed by atoms with Crippen molar-refractivity contribution in [1.29, 1.82) is 0 Å². The van der Waals surface area contributed by atoms with E-state index in [-0.39, 0.29) is 12.1 Å². The van der Waals surface area contributed by atoms with Crippen LogP contribution in [-0.2, 0) is 6.42 Å². The Labute approximate surface area is 126 Å². The lowest BCUT2D eigenvalue weighted by molar-refractivity contribution is 0.242. The lowest BCUT2D eigenvalue weighted by Gasteiger charge is -2.40. The zero-order valence-electron chi connectivity index (χ0n) is 12.5. The van der Waals surface area contributed by atoms with Gasteiger partial charge in [-0.2, -0.15) is 0 Å². The van der Waals surface area contributed by atoms with Crippen molar-refractivity contribution in [2.24, 2.45) is 5.92 Å². The molecule has 2 amide bonds. The summed E-state index contributed by atoms with van der Waals surface area (Å²) < 4.78 is 0. The first-order valence-electron chi connectivity index (χ1n) is 7.81. The third-order valence-electron chi connectivity index (χ3n) is 4.25. The Morgan fingerprint density at radius 3 is 2.95 bits per heavy atom. The van der Waals surface area contributed by atoms with Gasteiger partial charge >= 0.3 is 6.03 Å². The van der Waals surface area contributed by atoms with E-state index in [0.29, 0.717) is 5.92 Å². The summed E-state index contributed by atoms with van der Waals surface area (Å²) in [6.45, 7) is 2.87. The van der Waals surface area contributed by atoms with Gasteiger partial charge in [-0.1, -0.05) is 55.8 Å². The molecule has 1 aromatic carbocycles. The van der Waals surface area contributed by atoms with Gasteiger partial charge in [0.05, 0.1) is 6.04 Å². The van der Waals surface area contributed by atoms with Gasteiger partial charge in [0.15, 0.2) is 0 Å². The molecule has 0 aromatic heterocycles. The molecule has 1 aromatic rings. The maximum atomic E-state index is 12.6. The van der Waals surface area contributed by atoms with Crippen molar-refractivity contribution < 1.29 is 4.79 Å². The number of rotatable bonds is 3. The topological polar surface area (TPSA) is 32.3 Å². The zero-order chi connectivity index (χ0) is 14.7. The average Bonchev–Trinajstić information content (AvgIpc) is 2.52. The SMILES string of the molecule is CCCCNC(=O)N1c2ccccc2CC2C=CC=CC21. The Balaban J connectivity index is 1.89. The molecule has 2 atom stereocenters. The first-order valence-corrected chi connectivity index (χ1v) is 7.81. The summed E-state index contributed by atoms with van der Waals surface area (Å²) in [5.41, 5.74) is 2.30. The molecular formula is C18H22N2O. The number of unbranched alkanes of at least 4 members (excludes halogenated alkanes) is 1. The van der Waals surface area contributed by atoms with E-state index in [1.165, 1.54) is 5.56 Å². The molecule has 2 aliphatic rings. The number of urea groups is 1. The number of allylic oxidation sites excluding steroid dienone is 2. The first-order chi connectivity index (χ1) is 10.3. The van der Waals surface area contributed by atoms with Crippen LogP contribution in [0.2, 0.25) is 0 Å². The maximum Gasteiger partial charge on any atom is 0.322 e. The minimum absolute atomic E-state index is 0.0190. The fraction of sp³-hybridized carbons (Fsp3) is 0.389. The molecule has 3 rings (SSSR count). The second kappa shape index (κ2) is 6.17. The largest absolute Gasteiger partial charge is 0.338 e. The van der Waals surface area contributed by atoms with Crippen LogP contribution in [0.3, 0.4) is 0 Å². The van der Waals surface area contributed by atoms with Gasteiger partial charge in [-0.15, -0.1) is 0 Å². The van der Waals surface area contributed by atoms with E-state index in [4.69, 9.17) is 0 Å². The molecule has 0 radical (unpaired) electrons. The monoisotopic (exact) mass is 282 g/mol. The Morgan fingerprint density at radius 1 is 1.29 bits per heavy atom. The van der Waals surface area contributed by atoms with Gasteiger partial charge in [-0.25, -0.2) is 4.79 Å². The number of nitrogens with one attached hydrogen (secondary N) is 1. The Morgan fingerprint density at radius 2 is 2.10 bits per heavy atom. The molecule has 1 aliphatic carbocycles. The van der Waals surface area contributed by atoms with E-state index >= 15 is 0 Å². The Hall–Kier alpha value is -2.03. The first kappa shape index (κ1) is 13.9. The number of fused-ring (bicyclic) bond motifs is 2. The highest BCUT2D eigenvalue weighted by atomic mass is 16.2. The maximum absolute atomic E-state index is 12.6. The zero-order valence-corrected chi connectivity index (χ0v) is 12.5. The Kier molecular flexibility index (Phi) is 4.09. The second-order valence-corrected chi connectivity index (χ2v) is 5.71. The van der Waals surface area contributed by atoms with Gasteiger partial charge in [0.25, 0.3) is 0 Å². The van der Waals surface area contributed by atoms with Gasteiger partial charge < -0.3 is 5.32 Å². The van der Waals surface area contributed by atoms with E-state index in [0.717, 1.165) is 31.5 Å². The molecule has 3 nitrogen and oxygen atoms in total. The van der Waals surface area contributed by atoms with Gasteiger partial charge in [0.1, 0.15) is 0 Å². The number of nitrogens with zero attached hydrogens (tertiary/aromatic N) is 1. The molecular weight excluding hydrogens is 260 g/mol. The van der Waals surface area contributed by atoms with Crippen LogP contribution < -0.4 is 10.2 Å². The molecule has 0 spiro atoms. The fourth-order valence-corrected chi connectivity index (χ4v) is 3.14. The normalized spacial score (nSPS) is 22.6. The number of hydrogen-bond acceptors (Lipinski definition) is 1. The van der Waals surface area contributed by atoms with Crippen molar-refractivity contribution >= 4 is 11.7 Å². The third kappa shape index (κ3) is 2.73. The van der Waals surface area contributed by atoms with Crippen LogP contribution in [0.4, 0.5) is 10.5 Å². The van der Waals surface area contributed by atoms with E-state index < -0.39 is 0 Å². The molecule has 2 unspecified atom stereocenters. The number of carbonyl (C=O) groups excluding carboxylic acids is 1. The standard InChI is InChI=1S/C18H22N2O/c1-2-3-12-19-18(21)20-16-10-6-4-8-14(16)13-15-9-5-7-11-17(15)20/h4-11,14,16H,2-3,12-13H2,1H3,(H,19,21). The minimum atomic E-state index is 0.0190. The van der Waals surface area contributed by atoms with E-state index in [9.17, 15) is 4.79 Å². The van der Waals surface area contributed by atoms with Crippen LogP contribution >= 0.6 is 0 Å². The van der Waals surface area contributed by atoms with Crippen LogP contribution in [0.15, 0.2) is 48.6 Å². The number of benzene rings is 1. The van der Waals surface area contributed by atoms with Crippen molar-refractivity contribution in [2.75, 3.05) is 11.4 Å². The van der Waals surface area contributed by atoms with Crippen LogP contribution in [0.1, 0.15) is 25.3 Å². The van der Waals surface area contributed by atoms with Crippen LogP contribution in [0, 0.1) is 5.92 Å². The molecule has 3 heteroatoms. The lowest BCUT2D eigenvalue weighted by Crippen LogP contribution is -2.52. The molecule has 21 heavy (non-hydrogen) atoms. The van der Waals surface area contributed by atoms with Crippen molar-refractivity contribution in [2.45, 2.75) is 32.2 Å². The van der Waals surface area contributed by atoms with Gasteiger partial charge in [0, 0.05) is 18.2 Å². The third-order valence-corrected chi connectivity index (χ3v) is 4.25.